The highest BCUT2D eigenvalue weighted by Crippen LogP contribution is 2.51. The summed E-state index contributed by atoms with van der Waals surface area (Å²) in [5.41, 5.74) is 1.42. The van der Waals surface area contributed by atoms with Crippen LogP contribution in [-0.2, 0) is 16.6 Å². The van der Waals surface area contributed by atoms with Crippen molar-refractivity contribution < 1.29 is 13.9 Å². The molecule has 0 aliphatic heterocycles. The topological polar surface area (TPSA) is 51.5 Å². The van der Waals surface area contributed by atoms with Gasteiger partial charge in [0.05, 0.1) is 12.5 Å². The standard InChI is InChI=1S/C22H23NO3/c1-15(13-17-14-16-7-3-5-9-19(16)26-17)23-21(24)22(11-12-22)18-8-4-6-10-20(18)25-2/h3-10,14-15H,11-13H2,1-2H3,(H,23,24)/t15-/m1/s1. The molecular formula is C22H23NO3. The summed E-state index contributed by atoms with van der Waals surface area (Å²) < 4.78 is 11.3. The van der Waals surface area contributed by atoms with Gasteiger partial charge >= 0.3 is 0 Å². The third-order valence-electron chi connectivity index (χ3n) is 5.17. The van der Waals surface area contributed by atoms with Crippen LogP contribution in [0.3, 0.4) is 0 Å². The van der Waals surface area contributed by atoms with Crippen LogP contribution in [0.2, 0.25) is 0 Å². The van der Waals surface area contributed by atoms with Crippen LogP contribution in [0.1, 0.15) is 31.1 Å². The van der Waals surface area contributed by atoms with Crippen LogP contribution in [0, 0.1) is 0 Å². The van der Waals surface area contributed by atoms with Gasteiger partial charge < -0.3 is 14.5 Å². The number of rotatable bonds is 6. The number of hydrogen-bond donors (Lipinski definition) is 1. The minimum atomic E-state index is -0.450. The quantitative estimate of drug-likeness (QED) is 0.725. The van der Waals surface area contributed by atoms with E-state index in [2.05, 4.69) is 5.32 Å². The molecule has 1 aromatic heterocycles. The molecule has 0 spiro atoms. The van der Waals surface area contributed by atoms with Gasteiger partial charge in [0, 0.05) is 23.4 Å². The number of nitrogens with one attached hydrogen (secondary N) is 1. The van der Waals surface area contributed by atoms with E-state index in [1.807, 2.05) is 61.5 Å². The lowest BCUT2D eigenvalue weighted by Crippen LogP contribution is -2.41. The summed E-state index contributed by atoms with van der Waals surface area (Å²) in [5, 5.41) is 4.26. The van der Waals surface area contributed by atoms with Crippen LogP contribution < -0.4 is 10.1 Å². The molecule has 1 saturated carbocycles. The molecule has 4 heteroatoms. The lowest BCUT2D eigenvalue weighted by molar-refractivity contribution is -0.124. The van der Waals surface area contributed by atoms with Crippen molar-refractivity contribution in [3.05, 3.63) is 65.9 Å². The number of carbonyl (C=O) groups excluding carboxylic acids is 1. The normalized spacial score (nSPS) is 16.2. The van der Waals surface area contributed by atoms with Crippen LogP contribution in [0.4, 0.5) is 0 Å². The van der Waals surface area contributed by atoms with Gasteiger partial charge in [-0.2, -0.15) is 0 Å². The summed E-state index contributed by atoms with van der Waals surface area (Å²) in [6.45, 7) is 2.02. The van der Waals surface area contributed by atoms with Crippen molar-refractivity contribution in [2.24, 2.45) is 0 Å². The Kier molecular flexibility index (Phi) is 4.19. The maximum atomic E-state index is 13.0. The van der Waals surface area contributed by atoms with E-state index in [9.17, 15) is 4.79 Å². The van der Waals surface area contributed by atoms with Gasteiger partial charge in [-0.3, -0.25) is 4.79 Å². The van der Waals surface area contributed by atoms with Crippen LogP contribution in [0.5, 0.6) is 5.75 Å². The molecule has 1 fully saturated rings. The third-order valence-corrected chi connectivity index (χ3v) is 5.17. The number of para-hydroxylation sites is 2. The third kappa shape index (κ3) is 2.96. The second kappa shape index (κ2) is 6.52. The maximum absolute atomic E-state index is 13.0. The van der Waals surface area contributed by atoms with E-state index < -0.39 is 5.41 Å². The first kappa shape index (κ1) is 16.7. The van der Waals surface area contributed by atoms with Crippen LogP contribution >= 0.6 is 0 Å². The summed E-state index contributed by atoms with van der Waals surface area (Å²) in [6.07, 6.45) is 2.38. The van der Waals surface area contributed by atoms with Crippen molar-refractivity contribution in [3.8, 4) is 5.75 Å². The van der Waals surface area contributed by atoms with Crippen molar-refractivity contribution in [3.63, 3.8) is 0 Å². The molecule has 0 unspecified atom stereocenters. The van der Waals surface area contributed by atoms with Crippen molar-refractivity contribution in [2.45, 2.75) is 37.6 Å². The highest BCUT2D eigenvalue weighted by atomic mass is 16.5. The molecule has 1 amide bonds. The summed E-state index contributed by atoms with van der Waals surface area (Å²) in [5.74, 6) is 1.75. The number of benzene rings is 2. The molecule has 4 nitrogen and oxygen atoms in total. The first-order valence-electron chi connectivity index (χ1n) is 9.04. The highest BCUT2D eigenvalue weighted by Gasteiger charge is 2.52. The van der Waals surface area contributed by atoms with Crippen molar-refractivity contribution in [1.29, 1.82) is 0 Å². The van der Waals surface area contributed by atoms with E-state index in [1.165, 1.54) is 0 Å². The molecule has 4 rings (SSSR count). The number of ether oxygens (including phenoxy) is 1. The molecule has 0 radical (unpaired) electrons. The van der Waals surface area contributed by atoms with Gasteiger partial charge in [0.25, 0.3) is 0 Å². The largest absolute Gasteiger partial charge is 0.496 e. The zero-order chi connectivity index (χ0) is 18.1. The zero-order valence-electron chi connectivity index (χ0n) is 15.1. The van der Waals surface area contributed by atoms with E-state index >= 15 is 0 Å². The molecule has 26 heavy (non-hydrogen) atoms. The molecule has 0 bridgehead atoms. The first-order valence-corrected chi connectivity index (χ1v) is 9.04. The first-order chi connectivity index (χ1) is 12.6. The Hall–Kier alpha value is -2.75. The Morgan fingerprint density at radius 1 is 1.19 bits per heavy atom. The van der Waals surface area contributed by atoms with E-state index in [1.54, 1.807) is 7.11 Å². The van der Waals surface area contributed by atoms with E-state index in [-0.39, 0.29) is 11.9 Å². The molecule has 1 aliphatic rings. The zero-order valence-corrected chi connectivity index (χ0v) is 15.1. The Morgan fingerprint density at radius 2 is 1.92 bits per heavy atom. The Labute approximate surface area is 153 Å². The van der Waals surface area contributed by atoms with Gasteiger partial charge in [-0.15, -0.1) is 0 Å². The molecule has 1 N–H and O–H groups in total. The van der Waals surface area contributed by atoms with E-state index in [4.69, 9.17) is 9.15 Å². The number of furan rings is 1. The lowest BCUT2D eigenvalue weighted by atomic mass is 9.93. The fourth-order valence-corrected chi connectivity index (χ4v) is 3.64. The minimum Gasteiger partial charge on any atom is -0.496 e. The molecular weight excluding hydrogens is 326 g/mol. The van der Waals surface area contributed by atoms with Crippen molar-refractivity contribution in [2.75, 3.05) is 7.11 Å². The fraction of sp³-hybridized carbons (Fsp3) is 0.318. The second-order valence-electron chi connectivity index (χ2n) is 7.11. The molecule has 1 atom stereocenters. The van der Waals surface area contributed by atoms with Gasteiger partial charge in [-0.05, 0) is 38.0 Å². The number of amides is 1. The predicted octanol–water partition coefficient (Wildman–Crippen LogP) is 4.22. The average Bonchev–Trinajstić information content (AvgIpc) is 3.36. The summed E-state index contributed by atoms with van der Waals surface area (Å²) >= 11 is 0. The lowest BCUT2D eigenvalue weighted by Gasteiger charge is -2.21. The number of fused-ring (bicyclic) bond motifs is 1. The SMILES string of the molecule is COc1ccccc1C1(C(=O)N[C@H](C)Cc2cc3ccccc3o2)CC1. The molecule has 1 aliphatic carbocycles. The molecule has 1 heterocycles. The average molecular weight is 349 g/mol. The van der Waals surface area contributed by atoms with Gasteiger partial charge in [0.2, 0.25) is 5.91 Å². The minimum absolute atomic E-state index is 0.00440. The second-order valence-corrected chi connectivity index (χ2v) is 7.11. The summed E-state index contributed by atoms with van der Waals surface area (Å²) in [4.78, 5) is 13.0. The summed E-state index contributed by atoms with van der Waals surface area (Å²) in [7, 11) is 1.65. The van der Waals surface area contributed by atoms with Crippen molar-refractivity contribution in [1.82, 2.24) is 5.32 Å². The van der Waals surface area contributed by atoms with Gasteiger partial charge in [-0.1, -0.05) is 36.4 Å². The number of methoxy groups -OCH3 is 1. The van der Waals surface area contributed by atoms with Crippen LogP contribution in [-0.4, -0.2) is 19.1 Å². The molecule has 134 valence electrons. The molecule has 0 saturated heterocycles. The predicted molar refractivity (Wildman–Crippen MR) is 101 cm³/mol. The number of hydrogen-bond acceptors (Lipinski definition) is 3. The van der Waals surface area contributed by atoms with E-state index in [0.29, 0.717) is 6.42 Å². The maximum Gasteiger partial charge on any atom is 0.231 e. The van der Waals surface area contributed by atoms with Crippen LogP contribution in [0.15, 0.2) is 59.0 Å². The molecule has 3 aromatic rings. The Bertz CT molecular complexity index is 906. The number of carbonyl (C=O) groups is 1. The van der Waals surface area contributed by atoms with Gasteiger partial charge in [0.1, 0.15) is 17.1 Å². The van der Waals surface area contributed by atoms with Gasteiger partial charge in [0.15, 0.2) is 0 Å². The fourth-order valence-electron chi connectivity index (χ4n) is 3.64. The smallest absolute Gasteiger partial charge is 0.231 e. The summed E-state index contributed by atoms with van der Waals surface area (Å²) in [6, 6.07) is 17.8. The van der Waals surface area contributed by atoms with Crippen molar-refractivity contribution >= 4 is 16.9 Å². The molecule has 2 aromatic carbocycles. The van der Waals surface area contributed by atoms with Gasteiger partial charge in [-0.25, -0.2) is 0 Å². The monoisotopic (exact) mass is 349 g/mol. The van der Waals surface area contributed by atoms with E-state index in [0.717, 1.165) is 40.9 Å². The Morgan fingerprint density at radius 3 is 2.65 bits per heavy atom. The van der Waals surface area contributed by atoms with Crippen LogP contribution in [0.25, 0.3) is 11.0 Å². The highest BCUT2D eigenvalue weighted by molar-refractivity contribution is 5.92. The Balaban J connectivity index is 1.47.